The molecule has 0 aliphatic heterocycles. The minimum Gasteiger partial charge on any atom is -0.352 e. The molecule has 0 aliphatic carbocycles. The van der Waals surface area contributed by atoms with Crippen LogP contribution in [-0.4, -0.2) is 50.0 Å². The van der Waals surface area contributed by atoms with Crippen LogP contribution < -0.4 is 9.62 Å². The van der Waals surface area contributed by atoms with Crippen LogP contribution in [0.25, 0.3) is 0 Å². The van der Waals surface area contributed by atoms with E-state index in [9.17, 15) is 18.0 Å². The predicted molar refractivity (Wildman–Crippen MR) is 145 cm³/mol. The van der Waals surface area contributed by atoms with E-state index in [1.54, 1.807) is 11.8 Å². The SMILES string of the molecule is Cc1ccc(C)c(N(CCCC(=O)N(Cc2cccc(Br)c2)[C@@H](C)C(=O)NC(C)C)S(C)(=O)=O)c1. The molecule has 0 unspecified atom stereocenters. The van der Waals surface area contributed by atoms with Gasteiger partial charge in [-0.05, 0) is 75.9 Å². The Bertz CT molecular complexity index is 1150. The maximum absolute atomic E-state index is 13.3. The summed E-state index contributed by atoms with van der Waals surface area (Å²) >= 11 is 3.45. The Morgan fingerprint density at radius 3 is 2.34 bits per heavy atom. The molecule has 2 aromatic carbocycles. The Balaban J connectivity index is 2.21. The Labute approximate surface area is 218 Å². The van der Waals surface area contributed by atoms with Gasteiger partial charge in [0.05, 0.1) is 11.9 Å². The number of carbonyl (C=O) groups is 2. The lowest BCUT2D eigenvalue weighted by Crippen LogP contribution is -2.49. The van der Waals surface area contributed by atoms with E-state index in [1.807, 2.05) is 70.2 Å². The average molecular weight is 567 g/mol. The Hall–Kier alpha value is -2.39. The Morgan fingerprint density at radius 2 is 1.74 bits per heavy atom. The van der Waals surface area contributed by atoms with Gasteiger partial charge in [0.15, 0.2) is 0 Å². The van der Waals surface area contributed by atoms with Crippen molar-refractivity contribution in [1.82, 2.24) is 10.2 Å². The van der Waals surface area contributed by atoms with Crippen molar-refractivity contribution in [3.05, 3.63) is 63.6 Å². The molecule has 1 N–H and O–H groups in total. The number of nitrogens with zero attached hydrogens (tertiary/aromatic N) is 2. The lowest BCUT2D eigenvalue weighted by Gasteiger charge is -2.30. The minimum absolute atomic E-state index is 0.0475. The lowest BCUT2D eigenvalue weighted by atomic mass is 10.1. The fourth-order valence-electron chi connectivity index (χ4n) is 3.79. The van der Waals surface area contributed by atoms with E-state index >= 15 is 0 Å². The monoisotopic (exact) mass is 565 g/mol. The topological polar surface area (TPSA) is 86.8 Å². The van der Waals surface area contributed by atoms with Gasteiger partial charge in [-0.1, -0.05) is 40.2 Å². The van der Waals surface area contributed by atoms with Gasteiger partial charge in [0, 0.05) is 30.0 Å². The molecule has 0 saturated carbocycles. The number of hydrogen-bond donors (Lipinski definition) is 1. The van der Waals surface area contributed by atoms with Gasteiger partial charge in [-0.25, -0.2) is 8.42 Å². The number of halogens is 1. The average Bonchev–Trinajstić information content (AvgIpc) is 2.75. The second-order valence-corrected chi connectivity index (χ2v) is 12.0. The first kappa shape index (κ1) is 28.8. The van der Waals surface area contributed by atoms with Gasteiger partial charge in [0.2, 0.25) is 21.8 Å². The first-order valence-corrected chi connectivity index (χ1v) is 14.3. The van der Waals surface area contributed by atoms with Crippen LogP contribution in [0.1, 0.15) is 50.3 Å². The summed E-state index contributed by atoms with van der Waals surface area (Å²) in [4.78, 5) is 27.6. The molecule has 9 heteroatoms. The molecule has 0 heterocycles. The molecule has 0 aromatic heterocycles. The van der Waals surface area contributed by atoms with E-state index in [2.05, 4.69) is 21.2 Å². The van der Waals surface area contributed by atoms with Crippen molar-refractivity contribution >= 4 is 43.5 Å². The molecule has 0 fully saturated rings. The highest BCUT2D eigenvalue weighted by molar-refractivity contribution is 9.10. The zero-order valence-corrected chi connectivity index (χ0v) is 23.7. The van der Waals surface area contributed by atoms with Crippen LogP contribution in [0.4, 0.5) is 5.69 Å². The first-order valence-electron chi connectivity index (χ1n) is 11.7. The van der Waals surface area contributed by atoms with E-state index in [1.165, 1.54) is 10.6 Å². The third-order valence-electron chi connectivity index (χ3n) is 5.63. The minimum atomic E-state index is -3.53. The molecular formula is C26H36BrN3O4S. The van der Waals surface area contributed by atoms with Crippen molar-refractivity contribution in [2.24, 2.45) is 0 Å². The van der Waals surface area contributed by atoms with Crippen LogP contribution in [0, 0.1) is 13.8 Å². The summed E-state index contributed by atoms with van der Waals surface area (Å²) in [6.45, 7) is 9.69. The number of benzene rings is 2. The number of hydrogen-bond acceptors (Lipinski definition) is 4. The molecule has 7 nitrogen and oxygen atoms in total. The maximum atomic E-state index is 13.3. The number of aryl methyl sites for hydroxylation is 2. The lowest BCUT2D eigenvalue weighted by molar-refractivity contribution is -0.140. The summed E-state index contributed by atoms with van der Waals surface area (Å²) in [5.74, 6) is -0.428. The van der Waals surface area contributed by atoms with Gasteiger partial charge in [0.25, 0.3) is 0 Å². The van der Waals surface area contributed by atoms with Crippen LogP contribution >= 0.6 is 15.9 Å². The predicted octanol–water partition coefficient (Wildman–Crippen LogP) is 4.55. The summed E-state index contributed by atoms with van der Waals surface area (Å²) in [5, 5.41) is 2.87. The first-order chi connectivity index (χ1) is 16.3. The molecular weight excluding hydrogens is 530 g/mol. The largest absolute Gasteiger partial charge is 0.352 e. The zero-order valence-electron chi connectivity index (χ0n) is 21.3. The number of nitrogens with one attached hydrogen (secondary N) is 1. The standard InChI is InChI=1S/C26H36BrN3O4S/c1-18(2)28-26(32)21(5)29(17-22-9-7-10-23(27)16-22)25(31)11-8-14-30(35(6,33)34)24-15-19(3)12-13-20(24)4/h7,9-10,12-13,15-16,18,21H,8,11,14,17H2,1-6H3,(H,28,32)/t21-/m0/s1. The number of sulfonamides is 1. The van der Waals surface area contributed by atoms with Gasteiger partial charge in [-0.15, -0.1) is 0 Å². The van der Waals surface area contributed by atoms with E-state index in [0.717, 1.165) is 21.2 Å². The maximum Gasteiger partial charge on any atom is 0.242 e. The van der Waals surface area contributed by atoms with Crippen LogP contribution in [0.3, 0.4) is 0 Å². The number of amides is 2. The number of rotatable bonds is 11. The van der Waals surface area contributed by atoms with E-state index < -0.39 is 16.1 Å². The Morgan fingerprint density at radius 1 is 1.06 bits per heavy atom. The molecule has 0 saturated heterocycles. The van der Waals surface area contributed by atoms with Crippen molar-refractivity contribution in [3.8, 4) is 0 Å². The molecule has 35 heavy (non-hydrogen) atoms. The molecule has 0 aliphatic rings. The zero-order chi connectivity index (χ0) is 26.3. The van der Waals surface area contributed by atoms with Crippen LogP contribution in [-0.2, 0) is 26.2 Å². The van der Waals surface area contributed by atoms with Crippen molar-refractivity contribution in [2.75, 3.05) is 17.1 Å². The molecule has 2 rings (SSSR count). The van der Waals surface area contributed by atoms with E-state index in [4.69, 9.17) is 0 Å². The summed E-state index contributed by atoms with van der Waals surface area (Å²) in [5.41, 5.74) is 3.32. The number of anilines is 1. The van der Waals surface area contributed by atoms with Crippen LogP contribution in [0.15, 0.2) is 46.9 Å². The normalized spacial score (nSPS) is 12.3. The second-order valence-electron chi connectivity index (χ2n) is 9.22. The molecule has 192 valence electrons. The molecule has 2 aromatic rings. The molecule has 0 bridgehead atoms. The fourth-order valence-corrected chi connectivity index (χ4v) is 5.25. The van der Waals surface area contributed by atoms with Gasteiger partial charge in [-0.3, -0.25) is 13.9 Å². The summed E-state index contributed by atoms with van der Waals surface area (Å²) in [7, 11) is -3.53. The second kappa shape index (κ2) is 12.5. The third kappa shape index (κ3) is 8.65. The van der Waals surface area contributed by atoms with Crippen molar-refractivity contribution < 1.29 is 18.0 Å². The highest BCUT2D eigenvalue weighted by atomic mass is 79.9. The van der Waals surface area contributed by atoms with Crippen LogP contribution in [0.5, 0.6) is 0 Å². The Kier molecular flexibility index (Phi) is 10.3. The van der Waals surface area contributed by atoms with Gasteiger partial charge < -0.3 is 10.2 Å². The van der Waals surface area contributed by atoms with Gasteiger partial charge in [-0.2, -0.15) is 0 Å². The number of carbonyl (C=O) groups excluding carboxylic acids is 2. The molecule has 1 atom stereocenters. The van der Waals surface area contributed by atoms with Gasteiger partial charge in [0.1, 0.15) is 6.04 Å². The van der Waals surface area contributed by atoms with Crippen molar-refractivity contribution in [1.29, 1.82) is 0 Å². The fraction of sp³-hybridized carbons (Fsp3) is 0.462. The summed E-state index contributed by atoms with van der Waals surface area (Å²) in [6.07, 6.45) is 1.62. The molecule has 0 spiro atoms. The highest BCUT2D eigenvalue weighted by Crippen LogP contribution is 2.25. The quantitative estimate of drug-likeness (QED) is 0.433. The van der Waals surface area contributed by atoms with Crippen LogP contribution in [0.2, 0.25) is 0 Å². The highest BCUT2D eigenvalue weighted by Gasteiger charge is 2.27. The van der Waals surface area contributed by atoms with E-state index in [0.29, 0.717) is 12.1 Å². The third-order valence-corrected chi connectivity index (χ3v) is 7.30. The smallest absolute Gasteiger partial charge is 0.242 e. The van der Waals surface area contributed by atoms with Crippen molar-refractivity contribution in [2.45, 2.75) is 66.1 Å². The van der Waals surface area contributed by atoms with E-state index in [-0.39, 0.29) is 37.4 Å². The summed E-state index contributed by atoms with van der Waals surface area (Å²) in [6, 6.07) is 12.6. The van der Waals surface area contributed by atoms with Crippen molar-refractivity contribution in [3.63, 3.8) is 0 Å². The summed E-state index contributed by atoms with van der Waals surface area (Å²) < 4.78 is 27.3. The molecule has 0 radical (unpaired) electrons. The van der Waals surface area contributed by atoms with Gasteiger partial charge >= 0.3 is 0 Å². The molecule has 2 amide bonds.